The summed E-state index contributed by atoms with van der Waals surface area (Å²) in [5, 5.41) is 13.7. The highest BCUT2D eigenvalue weighted by atomic mass is 31.2. The van der Waals surface area contributed by atoms with Crippen LogP contribution in [0.1, 0.15) is 84.7 Å². The third-order valence-electron chi connectivity index (χ3n) is 18.7. The van der Waals surface area contributed by atoms with Crippen LogP contribution in [-0.4, -0.2) is 167 Å². The molecule has 4 aliphatic rings. The lowest BCUT2D eigenvalue weighted by Gasteiger charge is -2.45. The summed E-state index contributed by atoms with van der Waals surface area (Å²) < 4.78 is 67.0. The number of hydroxylamine groups is 4. The van der Waals surface area contributed by atoms with E-state index in [9.17, 15) is 33.9 Å². The number of aliphatic hydroxyl groups excluding tert-OH is 1. The maximum absolute atomic E-state index is 14.9. The van der Waals surface area contributed by atoms with Gasteiger partial charge in [0.15, 0.2) is 24.7 Å². The van der Waals surface area contributed by atoms with E-state index in [1.54, 1.807) is 35.4 Å². The number of likely N-dealkylation sites (N-methyl/N-ethyl adjacent to an activating group) is 2. The highest BCUT2D eigenvalue weighted by Crippen LogP contribution is 2.56. The molecule has 2 amide bonds. The zero-order chi connectivity index (χ0) is 73.7. The molecule has 0 radical (unpaired) electrons. The Bertz CT molecular complexity index is 4470. The number of carbonyl (C=O) groups is 2. The predicted octanol–water partition coefficient (Wildman–Crippen LogP) is 7.85. The molecule has 4 saturated heterocycles. The maximum Gasteiger partial charge on any atom is 0.330 e. The van der Waals surface area contributed by atoms with Crippen molar-refractivity contribution in [1.82, 2.24) is 33.9 Å². The number of carbonyl (C=O) groups excluding carboxylic acids is 2. The molecule has 0 saturated carbocycles. The van der Waals surface area contributed by atoms with Gasteiger partial charge in [0.25, 0.3) is 31.5 Å². The average Bonchev–Trinajstić information content (AvgIpc) is 1.61. The predicted molar refractivity (Wildman–Crippen MR) is 377 cm³/mol. The molecule has 3 N–H and O–H groups in total. The van der Waals surface area contributed by atoms with Gasteiger partial charge in [-0.05, 0) is 123 Å². The first-order valence-corrected chi connectivity index (χ1v) is 34.3. The fraction of sp³-hybridized carbons (Fsp3) is 0.373. The molecule has 6 heterocycles. The summed E-state index contributed by atoms with van der Waals surface area (Å²) in [7, 11) is 7.22. The summed E-state index contributed by atoms with van der Waals surface area (Å²) >= 11 is 0. The summed E-state index contributed by atoms with van der Waals surface area (Å²) in [6.07, 6.45) is -4.92. The zero-order valence-corrected chi connectivity index (χ0v) is 59.9. The molecule has 4 fully saturated rings. The van der Waals surface area contributed by atoms with Crippen LogP contribution in [0, 0.1) is 20.4 Å². The number of benzene rings is 6. The molecule has 4 aliphatic heterocycles. The molecule has 2 aromatic heterocycles. The SMILES string of the molecule is COc1ccc(C(OC[C@]23O[C@@H](n4cc(C)c(=O)[nH]c4=O)[C@@H](ON(C)C2=O)C3O)(c2ccccc2)c2ccc(OC)cc2)cc1.[C-]#[N+]CCOP(OC1[C@@H]2ON(C)C(=O)[C@]1(COC(c1ccccc1)(c1ccc(OC)cc1)c1ccc(OC)cc1)O[C@H]2n1cc(C)c(=O)[nH]c1=O)N(C(C)C)C(C)C. The first-order valence-electron chi connectivity index (χ1n) is 33.2. The number of aromatic amines is 2. The molecule has 27 nitrogen and oxygen atoms in total. The van der Waals surface area contributed by atoms with E-state index >= 15 is 0 Å². The first-order chi connectivity index (χ1) is 49.4. The maximum atomic E-state index is 14.9. The van der Waals surface area contributed by atoms with Crippen molar-refractivity contribution in [3.8, 4) is 23.0 Å². The number of H-pyrrole nitrogens is 2. The number of ether oxygens (including phenoxy) is 8. The summed E-state index contributed by atoms with van der Waals surface area (Å²) in [4.78, 5) is 99.8. The van der Waals surface area contributed by atoms with Crippen molar-refractivity contribution < 1.29 is 71.3 Å². The first kappa shape index (κ1) is 74.5. The van der Waals surface area contributed by atoms with Crippen LogP contribution in [0.3, 0.4) is 0 Å². The number of fused-ring (bicyclic) bond motifs is 4. The van der Waals surface area contributed by atoms with Gasteiger partial charge in [0.05, 0.1) is 41.7 Å². The number of aryl methyl sites for hydroxylation is 2. The van der Waals surface area contributed by atoms with Gasteiger partial charge in [-0.15, -0.1) is 0 Å². The molecule has 3 unspecified atom stereocenters. The lowest BCUT2D eigenvalue weighted by Crippen LogP contribution is -2.64. The van der Waals surface area contributed by atoms with Crippen LogP contribution in [0.2, 0.25) is 0 Å². The van der Waals surface area contributed by atoms with Crippen molar-refractivity contribution in [2.75, 3.05) is 68.9 Å². The fourth-order valence-corrected chi connectivity index (χ4v) is 15.3. The Kier molecular flexibility index (Phi) is 22.5. The second-order valence-corrected chi connectivity index (χ2v) is 27.0. The van der Waals surface area contributed by atoms with Crippen LogP contribution in [0.25, 0.3) is 4.85 Å². The Morgan fingerprint density at radius 1 is 0.544 bits per heavy atom. The van der Waals surface area contributed by atoms with Gasteiger partial charge < -0.3 is 56.9 Å². The highest BCUT2D eigenvalue weighted by Gasteiger charge is 2.70. The van der Waals surface area contributed by atoms with E-state index in [-0.39, 0.29) is 36.4 Å². The third-order valence-corrected chi connectivity index (χ3v) is 20.8. The van der Waals surface area contributed by atoms with E-state index in [0.29, 0.717) is 45.3 Å². The molecular weight excluding hydrogens is 1350 g/mol. The quantitative estimate of drug-likeness (QED) is 0.0201. The van der Waals surface area contributed by atoms with Gasteiger partial charge in [-0.3, -0.25) is 48.0 Å². The molecule has 0 spiro atoms. The second-order valence-electron chi connectivity index (χ2n) is 25.6. The molecule has 0 aliphatic carbocycles. The van der Waals surface area contributed by atoms with E-state index in [1.807, 2.05) is 190 Å². The molecule has 9 atom stereocenters. The Balaban J connectivity index is 0.000000213. The lowest BCUT2D eigenvalue weighted by molar-refractivity contribution is -0.249. The summed E-state index contributed by atoms with van der Waals surface area (Å²) in [6, 6.07) is 48.5. The number of hydrogen-bond donors (Lipinski definition) is 3. The Labute approximate surface area is 595 Å². The van der Waals surface area contributed by atoms with Crippen LogP contribution in [0.4, 0.5) is 0 Å². The van der Waals surface area contributed by atoms with Crippen molar-refractivity contribution in [3.05, 3.63) is 268 Å². The number of rotatable bonds is 26. The van der Waals surface area contributed by atoms with E-state index in [0.717, 1.165) is 25.8 Å². The monoisotopic (exact) mass is 1430 g/mol. The van der Waals surface area contributed by atoms with Crippen LogP contribution in [0.15, 0.2) is 189 Å². The summed E-state index contributed by atoms with van der Waals surface area (Å²) in [6.45, 7) is 17.8. The molecule has 542 valence electrons. The molecule has 6 aromatic carbocycles. The largest absolute Gasteiger partial charge is 0.497 e. The second kappa shape index (κ2) is 31.1. The minimum absolute atomic E-state index is 0.0651. The minimum atomic E-state index is -1.98. The zero-order valence-electron chi connectivity index (χ0n) is 59.0. The molecule has 28 heteroatoms. The van der Waals surface area contributed by atoms with Gasteiger partial charge in [0, 0.05) is 49.7 Å². The van der Waals surface area contributed by atoms with E-state index < -0.39 is 115 Å². The van der Waals surface area contributed by atoms with Gasteiger partial charge >= 0.3 is 11.4 Å². The summed E-state index contributed by atoms with van der Waals surface area (Å²) in [5.41, 5.74) is -4.53. The van der Waals surface area contributed by atoms with Crippen molar-refractivity contribution >= 4 is 20.3 Å². The molecule has 4 bridgehead atoms. The number of hydrogen-bond acceptors (Lipinski definition) is 20. The fourth-order valence-electron chi connectivity index (χ4n) is 13.5. The van der Waals surface area contributed by atoms with E-state index in [1.165, 1.54) is 38.0 Å². The van der Waals surface area contributed by atoms with E-state index in [2.05, 4.69) is 14.8 Å². The standard InChI is InChI=1S/C42H50N5O10P.C33H33N3O9/c1-27(2)47(28(3)4)58(54-24-23-43-6)57-36-35-38(46-25-29(5)37(48)44-40(46)50)55-41(36,39(49)45(7)56-35)26-53-42(30-13-11-10-12-14-30,31-15-19-33(51-8)20-16-31)32-17-21-34(52-9)22-18-32;1-20-18-36(31(40)34-28(20)38)29-26-27(37)32(44-29,30(39)35(2)45-26)19-43-33(21-8-6-5-7-9-21,22-10-14-24(41-3)15-11-22)23-12-16-25(42-4)17-13-23/h10-22,25,27-28,35-36,38H,23-24,26H2,1-5,7-9H3,(H,44,48,50);5-18,26-27,29,37H,19H2,1-4H3,(H,34,38,40)/t35-,36?,38+,41+,58?;26-,27?,29+,32+/m00/s1. The number of aliphatic hydroxyl groups is 1. The smallest absolute Gasteiger partial charge is 0.330 e. The number of nitrogens with one attached hydrogen (secondary N) is 2. The van der Waals surface area contributed by atoms with Gasteiger partial charge in [-0.1, -0.05) is 109 Å². The van der Waals surface area contributed by atoms with Crippen molar-refractivity contribution in [2.45, 2.75) is 113 Å². The van der Waals surface area contributed by atoms with Crippen molar-refractivity contribution in [1.29, 1.82) is 0 Å². The highest BCUT2D eigenvalue weighted by molar-refractivity contribution is 7.44. The number of nitrogens with zero attached hydrogens (tertiary/aromatic N) is 6. The van der Waals surface area contributed by atoms with Crippen LogP contribution < -0.4 is 41.4 Å². The number of aromatic nitrogens is 4. The summed E-state index contributed by atoms with van der Waals surface area (Å²) in [5.74, 6) is 1.20. The van der Waals surface area contributed by atoms with Gasteiger partial charge in [0.2, 0.25) is 17.7 Å². The Morgan fingerprint density at radius 3 is 1.27 bits per heavy atom. The molecule has 103 heavy (non-hydrogen) atoms. The molecule has 12 rings (SSSR count). The molecule has 8 aromatic rings. The van der Waals surface area contributed by atoms with Gasteiger partial charge in [-0.25, -0.2) is 31.0 Å². The van der Waals surface area contributed by atoms with Gasteiger partial charge in [-0.2, -0.15) is 0 Å². The third kappa shape index (κ3) is 14.1. The minimum Gasteiger partial charge on any atom is -0.497 e. The number of methoxy groups -OCH3 is 4. The Morgan fingerprint density at radius 2 is 0.893 bits per heavy atom. The van der Waals surface area contributed by atoms with Crippen molar-refractivity contribution in [2.24, 2.45) is 0 Å². The number of amides is 2. The lowest BCUT2D eigenvalue weighted by atomic mass is 9.79. The normalized spacial score (nSPS) is 21.9. The van der Waals surface area contributed by atoms with E-state index in [4.69, 9.17) is 63.2 Å². The average molecular weight is 1430 g/mol. The van der Waals surface area contributed by atoms with Crippen LogP contribution in [-0.2, 0) is 58.5 Å². The van der Waals surface area contributed by atoms with Crippen molar-refractivity contribution in [3.63, 3.8) is 0 Å². The van der Waals surface area contributed by atoms with Gasteiger partial charge in [0.1, 0.15) is 53.0 Å². The molecular formula is C75H83N8O19P. The Hall–Kier alpha value is -9.66. The van der Waals surface area contributed by atoms with Crippen LogP contribution >= 0.6 is 8.53 Å². The topological polar surface area (TPSA) is 289 Å². The van der Waals surface area contributed by atoms with Crippen LogP contribution in [0.5, 0.6) is 23.0 Å².